The van der Waals surface area contributed by atoms with Crippen molar-refractivity contribution in [1.29, 1.82) is 0 Å². The Bertz CT molecular complexity index is 656. The number of benzene rings is 1. The molecule has 0 aliphatic heterocycles. The first-order valence-electron chi connectivity index (χ1n) is 8.08. The lowest BCUT2D eigenvalue weighted by molar-refractivity contribution is 0.0963. The Labute approximate surface area is 170 Å². The van der Waals surface area contributed by atoms with Crippen LogP contribution in [-0.2, 0) is 13.0 Å². The minimum absolute atomic E-state index is 0. The van der Waals surface area contributed by atoms with E-state index in [4.69, 9.17) is 0 Å². The first kappa shape index (κ1) is 21.4. The van der Waals surface area contributed by atoms with Gasteiger partial charge < -0.3 is 16.0 Å². The third kappa shape index (κ3) is 7.43. The number of nitrogens with one attached hydrogen (secondary N) is 3. The highest BCUT2D eigenvalue weighted by molar-refractivity contribution is 14.0. The molecule has 1 amide bonds. The number of rotatable bonds is 7. The highest BCUT2D eigenvalue weighted by Gasteiger charge is 2.03. The Morgan fingerprint density at radius 1 is 1.16 bits per heavy atom. The number of thiophene rings is 1. The van der Waals surface area contributed by atoms with Gasteiger partial charge in [0.1, 0.15) is 0 Å². The zero-order chi connectivity index (χ0) is 17.2. The van der Waals surface area contributed by atoms with E-state index in [0.717, 1.165) is 31.0 Å². The summed E-state index contributed by atoms with van der Waals surface area (Å²) < 4.78 is 0. The highest BCUT2D eigenvalue weighted by atomic mass is 127. The Balaban J connectivity index is 0.00000312. The molecule has 2 aromatic rings. The number of hydrogen-bond donors (Lipinski definition) is 3. The average molecular weight is 472 g/mol. The molecule has 0 unspecified atom stereocenters. The fraction of sp³-hybridized carbons (Fsp3) is 0.333. The molecule has 0 radical (unpaired) electrons. The summed E-state index contributed by atoms with van der Waals surface area (Å²) in [4.78, 5) is 17.5. The number of amides is 1. The Kier molecular flexibility index (Phi) is 10.2. The van der Waals surface area contributed by atoms with Crippen molar-refractivity contribution in [3.05, 3.63) is 57.8 Å². The zero-order valence-corrected chi connectivity index (χ0v) is 17.7. The van der Waals surface area contributed by atoms with Crippen molar-refractivity contribution in [2.45, 2.75) is 19.9 Å². The van der Waals surface area contributed by atoms with Gasteiger partial charge in [0.25, 0.3) is 5.91 Å². The minimum atomic E-state index is -0.0753. The van der Waals surface area contributed by atoms with Gasteiger partial charge in [0.05, 0.1) is 6.54 Å². The molecular weight excluding hydrogens is 447 g/mol. The maximum absolute atomic E-state index is 11.5. The average Bonchev–Trinajstić information content (AvgIpc) is 3.13. The molecule has 0 fully saturated rings. The smallest absolute Gasteiger partial charge is 0.251 e. The number of nitrogens with zero attached hydrogens (tertiary/aromatic N) is 1. The van der Waals surface area contributed by atoms with Crippen LogP contribution in [0, 0.1) is 0 Å². The Hall–Kier alpha value is -1.61. The normalized spacial score (nSPS) is 10.7. The molecule has 2 rings (SSSR count). The van der Waals surface area contributed by atoms with Crippen LogP contribution in [0.2, 0.25) is 0 Å². The van der Waals surface area contributed by atoms with Crippen molar-refractivity contribution >= 4 is 47.2 Å². The van der Waals surface area contributed by atoms with E-state index in [0.29, 0.717) is 12.1 Å². The second-order valence-electron chi connectivity index (χ2n) is 5.23. The van der Waals surface area contributed by atoms with E-state index in [2.05, 4.69) is 45.4 Å². The maximum atomic E-state index is 11.5. The molecule has 3 N–H and O–H groups in total. The van der Waals surface area contributed by atoms with Gasteiger partial charge in [0.2, 0.25) is 0 Å². The van der Waals surface area contributed by atoms with Crippen LogP contribution in [0.3, 0.4) is 0 Å². The zero-order valence-electron chi connectivity index (χ0n) is 14.5. The van der Waals surface area contributed by atoms with Crippen LogP contribution in [0.15, 0.2) is 46.8 Å². The first-order valence-corrected chi connectivity index (χ1v) is 8.96. The monoisotopic (exact) mass is 472 g/mol. The molecule has 0 atom stereocenters. The summed E-state index contributed by atoms with van der Waals surface area (Å²) in [6.45, 7) is 4.29. The third-order valence-corrected chi connectivity index (χ3v) is 4.39. The van der Waals surface area contributed by atoms with E-state index in [-0.39, 0.29) is 29.9 Å². The fourth-order valence-electron chi connectivity index (χ4n) is 2.18. The largest absolute Gasteiger partial charge is 0.357 e. The van der Waals surface area contributed by atoms with Gasteiger partial charge in [-0.15, -0.1) is 35.3 Å². The second-order valence-corrected chi connectivity index (χ2v) is 6.26. The molecule has 1 aromatic carbocycles. The van der Waals surface area contributed by atoms with Gasteiger partial charge in [-0.2, -0.15) is 0 Å². The van der Waals surface area contributed by atoms with E-state index in [1.807, 2.05) is 24.3 Å². The van der Waals surface area contributed by atoms with Crippen molar-refractivity contribution in [2.75, 3.05) is 20.1 Å². The summed E-state index contributed by atoms with van der Waals surface area (Å²) >= 11 is 1.77. The van der Waals surface area contributed by atoms with Crippen molar-refractivity contribution in [2.24, 2.45) is 4.99 Å². The highest BCUT2D eigenvalue weighted by Crippen LogP contribution is 2.08. The molecule has 1 heterocycles. The van der Waals surface area contributed by atoms with Crippen LogP contribution < -0.4 is 16.0 Å². The summed E-state index contributed by atoms with van der Waals surface area (Å²) in [6, 6.07) is 11.7. The molecule has 0 aliphatic carbocycles. The summed E-state index contributed by atoms with van der Waals surface area (Å²) in [7, 11) is 1.63. The first-order chi connectivity index (χ1) is 11.7. The number of hydrogen-bond acceptors (Lipinski definition) is 3. The van der Waals surface area contributed by atoms with Gasteiger partial charge in [0.15, 0.2) is 5.96 Å². The number of halogens is 1. The quantitative estimate of drug-likeness (QED) is 0.330. The van der Waals surface area contributed by atoms with Crippen LogP contribution in [-0.4, -0.2) is 32.0 Å². The lowest BCUT2D eigenvalue weighted by atomic mass is 10.1. The molecule has 5 nitrogen and oxygen atoms in total. The van der Waals surface area contributed by atoms with Gasteiger partial charge in [-0.25, -0.2) is 4.99 Å². The predicted molar refractivity (Wildman–Crippen MR) is 116 cm³/mol. The van der Waals surface area contributed by atoms with Gasteiger partial charge in [-0.3, -0.25) is 4.79 Å². The van der Waals surface area contributed by atoms with Crippen LogP contribution in [0.25, 0.3) is 0 Å². The Morgan fingerprint density at radius 2 is 1.92 bits per heavy atom. The van der Waals surface area contributed by atoms with Crippen molar-refractivity contribution in [3.8, 4) is 0 Å². The van der Waals surface area contributed by atoms with Crippen molar-refractivity contribution in [1.82, 2.24) is 16.0 Å². The fourth-order valence-corrected chi connectivity index (χ4v) is 2.89. The van der Waals surface area contributed by atoms with Crippen LogP contribution in [0.1, 0.15) is 27.7 Å². The predicted octanol–water partition coefficient (Wildman–Crippen LogP) is 3.02. The number of guanidine groups is 1. The van der Waals surface area contributed by atoms with E-state index >= 15 is 0 Å². The molecular formula is C18H25IN4OS. The number of carbonyl (C=O) groups is 1. The summed E-state index contributed by atoms with van der Waals surface area (Å²) in [6.07, 6.45) is 0.989. The topological polar surface area (TPSA) is 65.5 Å². The van der Waals surface area contributed by atoms with Gasteiger partial charge >= 0.3 is 0 Å². The molecule has 0 spiro atoms. The summed E-state index contributed by atoms with van der Waals surface area (Å²) in [5.74, 6) is 0.734. The van der Waals surface area contributed by atoms with E-state index in [1.54, 1.807) is 18.4 Å². The number of carbonyl (C=O) groups excluding carboxylic acids is 1. The van der Waals surface area contributed by atoms with Crippen LogP contribution in [0.4, 0.5) is 0 Å². The van der Waals surface area contributed by atoms with E-state index in [1.165, 1.54) is 4.88 Å². The van der Waals surface area contributed by atoms with Gasteiger partial charge in [-0.1, -0.05) is 18.2 Å². The summed E-state index contributed by atoms with van der Waals surface area (Å²) in [5.41, 5.74) is 1.73. The lowest BCUT2D eigenvalue weighted by Gasteiger charge is -2.11. The van der Waals surface area contributed by atoms with Gasteiger partial charge in [-0.05, 0) is 42.5 Å². The Morgan fingerprint density at radius 3 is 2.52 bits per heavy atom. The lowest BCUT2D eigenvalue weighted by Crippen LogP contribution is -2.38. The molecule has 136 valence electrons. The second kappa shape index (κ2) is 11.9. The molecule has 25 heavy (non-hydrogen) atoms. The minimum Gasteiger partial charge on any atom is -0.357 e. The molecule has 0 saturated heterocycles. The summed E-state index contributed by atoms with van der Waals surface area (Å²) in [5, 5.41) is 11.3. The van der Waals surface area contributed by atoms with E-state index in [9.17, 15) is 4.79 Å². The number of aliphatic imine (C=N–C) groups is 1. The van der Waals surface area contributed by atoms with E-state index < -0.39 is 0 Å². The molecule has 0 aliphatic rings. The third-order valence-electron chi connectivity index (χ3n) is 3.45. The van der Waals surface area contributed by atoms with Crippen molar-refractivity contribution in [3.63, 3.8) is 0 Å². The van der Waals surface area contributed by atoms with Gasteiger partial charge in [0, 0.05) is 30.6 Å². The molecule has 1 aromatic heterocycles. The molecule has 0 bridgehead atoms. The SMILES string of the molecule is CCNC(=NCc1ccc(C(=O)NC)cc1)NCCc1cccs1.I. The van der Waals surface area contributed by atoms with Crippen molar-refractivity contribution < 1.29 is 4.79 Å². The van der Waals surface area contributed by atoms with Crippen LogP contribution in [0.5, 0.6) is 0 Å². The maximum Gasteiger partial charge on any atom is 0.251 e. The van der Waals surface area contributed by atoms with Crippen LogP contribution >= 0.6 is 35.3 Å². The molecule has 7 heteroatoms. The molecule has 0 saturated carbocycles. The standard InChI is InChI=1S/C18H24N4OS.HI/c1-3-20-18(21-11-10-16-5-4-12-24-16)22-13-14-6-8-15(9-7-14)17(23)19-2;/h4-9,12H,3,10-11,13H2,1-2H3,(H,19,23)(H2,20,21,22);1H.